The van der Waals surface area contributed by atoms with Crippen LogP contribution < -0.4 is 9.47 Å². The molecule has 26 heavy (non-hydrogen) atoms. The van der Waals surface area contributed by atoms with Crippen molar-refractivity contribution in [2.75, 3.05) is 7.11 Å². The lowest BCUT2D eigenvalue weighted by Crippen LogP contribution is -1.97. The minimum absolute atomic E-state index is 0.414. The Morgan fingerprint density at radius 3 is 2.50 bits per heavy atom. The monoisotopic (exact) mass is 429 g/mol. The maximum atomic E-state index is 6.16. The Labute approximate surface area is 166 Å². The summed E-state index contributed by atoms with van der Waals surface area (Å²) in [5, 5.41) is 0.701. The van der Waals surface area contributed by atoms with Gasteiger partial charge in [0.05, 0.1) is 17.3 Å². The third kappa shape index (κ3) is 4.87. The van der Waals surface area contributed by atoms with Crippen LogP contribution >= 0.6 is 27.5 Å². The van der Waals surface area contributed by atoms with Crippen LogP contribution in [-0.4, -0.2) is 13.3 Å². The number of aliphatic imine (C=N–C) groups is 1. The predicted octanol–water partition coefficient (Wildman–Crippen LogP) is 6.44. The molecule has 0 N–H and O–H groups in total. The Bertz CT molecular complexity index is 910. The molecule has 0 heterocycles. The summed E-state index contributed by atoms with van der Waals surface area (Å²) >= 11 is 9.71. The first-order chi connectivity index (χ1) is 12.7. The van der Waals surface area contributed by atoms with Gasteiger partial charge in [-0.05, 0) is 70.0 Å². The first-order valence-electron chi connectivity index (χ1n) is 7.99. The Balaban J connectivity index is 1.66. The highest BCUT2D eigenvalue weighted by Crippen LogP contribution is 2.27. The quantitative estimate of drug-likeness (QED) is 0.421. The fraction of sp³-hybridized carbons (Fsp3) is 0.0952. The van der Waals surface area contributed by atoms with Crippen molar-refractivity contribution in [3.8, 4) is 11.5 Å². The number of ether oxygens (including phenoxy) is 2. The van der Waals surface area contributed by atoms with Crippen molar-refractivity contribution in [2.45, 2.75) is 6.61 Å². The van der Waals surface area contributed by atoms with Gasteiger partial charge in [0.25, 0.3) is 0 Å². The third-order valence-corrected chi connectivity index (χ3v) is 4.72. The second kappa shape index (κ2) is 8.88. The predicted molar refractivity (Wildman–Crippen MR) is 110 cm³/mol. The third-order valence-electron chi connectivity index (χ3n) is 3.73. The van der Waals surface area contributed by atoms with E-state index in [0.717, 1.165) is 32.8 Å². The zero-order valence-electron chi connectivity index (χ0n) is 14.2. The molecule has 0 aliphatic carbocycles. The van der Waals surface area contributed by atoms with Crippen LogP contribution in [0.5, 0.6) is 11.5 Å². The molecular formula is C21H17BrClNO2. The number of nitrogens with zero attached hydrogens (tertiary/aromatic N) is 1. The second-order valence-corrected chi connectivity index (χ2v) is 6.79. The van der Waals surface area contributed by atoms with Gasteiger partial charge >= 0.3 is 0 Å². The summed E-state index contributed by atoms with van der Waals surface area (Å²) in [6.07, 6.45) is 1.81. The summed E-state index contributed by atoms with van der Waals surface area (Å²) in [6, 6.07) is 21.1. The normalized spacial score (nSPS) is 10.9. The van der Waals surface area contributed by atoms with Gasteiger partial charge in [0.2, 0.25) is 0 Å². The van der Waals surface area contributed by atoms with E-state index < -0.39 is 0 Å². The molecule has 132 valence electrons. The number of halogens is 2. The smallest absolute Gasteiger partial charge is 0.134 e. The van der Waals surface area contributed by atoms with Gasteiger partial charge in [-0.3, -0.25) is 4.99 Å². The second-order valence-electron chi connectivity index (χ2n) is 5.53. The molecule has 3 rings (SSSR count). The summed E-state index contributed by atoms with van der Waals surface area (Å²) in [6.45, 7) is 0.414. The van der Waals surface area contributed by atoms with Crippen LogP contribution in [0.3, 0.4) is 0 Å². The number of rotatable bonds is 6. The summed E-state index contributed by atoms with van der Waals surface area (Å²) in [4.78, 5) is 4.47. The molecule has 0 spiro atoms. The standard InChI is InChI=1S/C21H17BrClNO2/c1-25-18-9-7-17(8-10-18)24-13-15-6-11-21(19(22)12-15)26-14-16-4-2-3-5-20(16)23/h2-13H,14H2,1H3. The van der Waals surface area contributed by atoms with Crippen molar-refractivity contribution in [1.82, 2.24) is 0 Å². The average molecular weight is 431 g/mol. The average Bonchev–Trinajstić information content (AvgIpc) is 2.67. The van der Waals surface area contributed by atoms with Gasteiger partial charge in [-0.2, -0.15) is 0 Å². The van der Waals surface area contributed by atoms with Gasteiger partial charge in [-0.1, -0.05) is 29.8 Å². The Kier molecular flexibility index (Phi) is 6.31. The maximum absolute atomic E-state index is 6.16. The van der Waals surface area contributed by atoms with Crippen molar-refractivity contribution >= 4 is 39.4 Å². The highest BCUT2D eigenvalue weighted by atomic mass is 79.9. The van der Waals surface area contributed by atoms with Crippen molar-refractivity contribution in [1.29, 1.82) is 0 Å². The number of benzene rings is 3. The molecular weight excluding hydrogens is 414 g/mol. The number of methoxy groups -OCH3 is 1. The largest absolute Gasteiger partial charge is 0.497 e. The topological polar surface area (TPSA) is 30.8 Å². The fourth-order valence-electron chi connectivity index (χ4n) is 2.30. The molecule has 0 saturated carbocycles. The van der Waals surface area contributed by atoms with Crippen LogP contribution in [0.25, 0.3) is 0 Å². The Morgan fingerprint density at radius 1 is 1.04 bits per heavy atom. The fourth-order valence-corrected chi connectivity index (χ4v) is 3.00. The highest BCUT2D eigenvalue weighted by Gasteiger charge is 2.05. The first kappa shape index (κ1) is 18.5. The molecule has 0 aliphatic heterocycles. The lowest BCUT2D eigenvalue weighted by atomic mass is 10.2. The lowest BCUT2D eigenvalue weighted by molar-refractivity contribution is 0.304. The molecule has 3 aromatic rings. The van der Waals surface area contributed by atoms with Crippen LogP contribution in [-0.2, 0) is 6.61 Å². The summed E-state index contributed by atoms with van der Waals surface area (Å²) < 4.78 is 11.9. The van der Waals surface area contributed by atoms with Gasteiger partial charge in [0, 0.05) is 16.8 Å². The van der Waals surface area contributed by atoms with Crippen LogP contribution in [0.1, 0.15) is 11.1 Å². The first-order valence-corrected chi connectivity index (χ1v) is 9.16. The summed E-state index contributed by atoms with van der Waals surface area (Å²) in [7, 11) is 1.64. The molecule has 0 bridgehead atoms. The van der Waals surface area contributed by atoms with Gasteiger partial charge in [0.1, 0.15) is 18.1 Å². The zero-order chi connectivity index (χ0) is 18.4. The SMILES string of the molecule is COc1ccc(N=Cc2ccc(OCc3ccccc3Cl)c(Br)c2)cc1. The van der Waals surface area contributed by atoms with E-state index in [1.54, 1.807) is 7.11 Å². The highest BCUT2D eigenvalue weighted by molar-refractivity contribution is 9.10. The van der Waals surface area contributed by atoms with Crippen LogP contribution in [0.2, 0.25) is 5.02 Å². The van der Waals surface area contributed by atoms with E-state index in [4.69, 9.17) is 21.1 Å². The molecule has 0 fully saturated rings. The molecule has 0 aromatic heterocycles. The molecule has 0 saturated heterocycles. The molecule has 3 nitrogen and oxygen atoms in total. The molecule has 0 aliphatic rings. The molecule has 0 radical (unpaired) electrons. The molecule has 0 atom stereocenters. The van der Waals surface area contributed by atoms with Gasteiger partial charge in [-0.15, -0.1) is 0 Å². The zero-order valence-corrected chi connectivity index (χ0v) is 16.5. The number of hydrogen-bond acceptors (Lipinski definition) is 3. The van der Waals surface area contributed by atoms with Crippen molar-refractivity contribution in [3.05, 3.63) is 87.4 Å². The van der Waals surface area contributed by atoms with E-state index in [9.17, 15) is 0 Å². The van der Waals surface area contributed by atoms with E-state index in [0.29, 0.717) is 11.6 Å². The summed E-state index contributed by atoms with van der Waals surface area (Å²) in [5.41, 5.74) is 2.78. The minimum Gasteiger partial charge on any atom is -0.497 e. The Hall–Kier alpha value is -2.30. The maximum Gasteiger partial charge on any atom is 0.134 e. The minimum atomic E-state index is 0.414. The van der Waals surface area contributed by atoms with Crippen LogP contribution in [0, 0.1) is 0 Å². The van der Waals surface area contributed by atoms with Crippen molar-refractivity contribution < 1.29 is 9.47 Å². The van der Waals surface area contributed by atoms with Gasteiger partial charge in [-0.25, -0.2) is 0 Å². The van der Waals surface area contributed by atoms with E-state index in [1.807, 2.05) is 72.9 Å². The molecule has 0 amide bonds. The van der Waals surface area contributed by atoms with Crippen molar-refractivity contribution in [2.24, 2.45) is 4.99 Å². The molecule has 3 aromatic carbocycles. The molecule has 0 unspecified atom stereocenters. The Morgan fingerprint density at radius 2 is 1.81 bits per heavy atom. The van der Waals surface area contributed by atoms with E-state index in [-0.39, 0.29) is 0 Å². The van der Waals surface area contributed by atoms with E-state index in [1.165, 1.54) is 0 Å². The number of hydrogen-bond donors (Lipinski definition) is 0. The lowest BCUT2D eigenvalue weighted by Gasteiger charge is -2.10. The van der Waals surface area contributed by atoms with E-state index >= 15 is 0 Å². The molecule has 5 heteroatoms. The van der Waals surface area contributed by atoms with Crippen molar-refractivity contribution in [3.63, 3.8) is 0 Å². The van der Waals surface area contributed by atoms with Gasteiger partial charge < -0.3 is 9.47 Å². The van der Waals surface area contributed by atoms with Gasteiger partial charge in [0.15, 0.2) is 0 Å². The van der Waals surface area contributed by atoms with Crippen LogP contribution in [0.15, 0.2) is 76.2 Å². The van der Waals surface area contributed by atoms with Crippen LogP contribution in [0.4, 0.5) is 5.69 Å². The summed E-state index contributed by atoms with van der Waals surface area (Å²) in [5.74, 6) is 1.57. The van der Waals surface area contributed by atoms with E-state index in [2.05, 4.69) is 20.9 Å².